The Balaban J connectivity index is 2.96. The van der Waals surface area contributed by atoms with E-state index in [1.54, 1.807) is 0 Å². The zero-order valence-corrected chi connectivity index (χ0v) is 10.9. The Morgan fingerprint density at radius 2 is 1.94 bits per heavy atom. The zero-order valence-electron chi connectivity index (χ0n) is 9.35. The number of benzene rings is 1. The van der Waals surface area contributed by atoms with Gasteiger partial charge in [-0.25, -0.2) is 0 Å². The van der Waals surface area contributed by atoms with Crippen LogP contribution in [-0.2, 0) is 11.2 Å². The van der Waals surface area contributed by atoms with Gasteiger partial charge in [0.2, 0.25) is 0 Å². The summed E-state index contributed by atoms with van der Waals surface area (Å²) in [6.45, 7) is 3.87. The second kappa shape index (κ2) is 6.12. The maximum absolute atomic E-state index is 11.1. The molecule has 0 aliphatic heterocycles. The van der Waals surface area contributed by atoms with Crippen LogP contribution in [0.15, 0.2) is 12.1 Å². The third-order valence-electron chi connectivity index (χ3n) is 2.33. The Kier molecular flexibility index (Phi) is 5.10. The van der Waals surface area contributed by atoms with Gasteiger partial charge in [0.25, 0.3) is 0 Å². The number of hydrogen-bond acceptors (Lipinski definition) is 2. The molecule has 0 spiro atoms. The van der Waals surface area contributed by atoms with Gasteiger partial charge in [0.05, 0.1) is 0 Å². The van der Waals surface area contributed by atoms with Gasteiger partial charge in [-0.15, -0.1) is 23.2 Å². The fourth-order valence-electron chi connectivity index (χ4n) is 1.48. The molecule has 0 aliphatic carbocycles. The highest BCUT2D eigenvalue weighted by molar-refractivity contribution is 6.26. The molecule has 0 amide bonds. The number of aryl methyl sites for hydroxylation is 3. The molecule has 4 heteroatoms. The molecule has 0 bridgehead atoms. The minimum atomic E-state index is -0.436. The van der Waals surface area contributed by atoms with E-state index in [0.29, 0.717) is 11.6 Å². The van der Waals surface area contributed by atoms with Crippen LogP contribution >= 0.6 is 23.2 Å². The maximum Gasteiger partial charge on any atom is 0.326 e. The average molecular weight is 261 g/mol. The molecule has 88 valence electrons. The van der Waals surface area contributed by atoms with Crippen LogP contribution in [0.5, 0.6) is 5.75 Å². The largest absolute Gasteiger partial charge is 0.425 e. The fourth-order valence-corrected chi connectivity index (χ4v) is 1.74. The molecule has 0 saturated carbocycles. The number of esters is 1. The molecular weight excluding hydrogens is 247 g/mol. The first-order valence-electron chi connectivity index (χ1n) is 5.01. The number of carbonyl (C=O) groups excluding carboxylic acids is 1. The van der Waals surface area contributed by atoms with Gasteiger partial charge in [-0.05, 0) is 43.0 Å². The lowest BCUT2D eigenvalue weighted by Gasteiger charge is -2.11. The lowest BCUT2D eigenvalue weighted by Crippen LogP contribution is -2.10. The topological polar surface area (TPSA) is 26.3 Å². The molecule has 1 aromatic rings. The summed E-state index contributed by atoms with van der Waals surface area (Å²) in [4.78, 5) is 11.1. The van der Waals surface area contributed by atoms with Crippen molar-refractivity contribution in [1.82, 2.24) is 0 Å². The van der Waals surface area contributed by atoms with E-state index in [-0.39, 0.29) is 5.88 Å². The molecule has 1 aromatic carbocycles. The second-order valence-electron chi connectivity index (χ2n) is 3.59. The normalized spacial score (nSPS) is 10.2. The number of halogens is 2. The van der Waals surface area contributed by atoms with Crippen LogP contribution in [-0.4, -0.2) is 17.7 Å². The van der Waals surface area contributed by atoms with Gasteiger partial charge in [-0.1, -0.05) is 6.07 Å². The van der Waals surface area contributed by atoms with Crippen molar-refractivity contribution < 1.29 is 9.53 Å². The van der Waals surface area contributed by atoms with Crippen LogP contribution < -0.4 is 4.74 Å². The molecule has 0 radical (unpaired) electrons. The van der Waals surface area contributed by atoms with E-state index in [1.807, 2.05) is 26.0 Å². The summed E-state index contributed by atoms with van der Waals surface area (Å²) in [5.74, 6) is 0.582. The molecular formula is C12H14Cl2O2. The van der Waals surface area contributed by atoms with Gasteiger partial charge in [0, 0.05) is 5.88 Å². The summed E-state index contributed by atoms with van der Waals surface area (Å²) in [7, 11) is 0. The highest BCUT2D eigenvalue weighted by atomic mass is 35.5. The van der Waals surface area contributed by atoms with Gasteiger partial charge in [-0.2, -0.15) is 0 Å². The summed E-state index contributed by atoms with van der Waals surface area (Å²) in [6, 6.07) is 3.84. The van der Waals surface area contributed by atoms with Crippen LogP contribution in [0.4, 0.5) is 0 Å². The zero-order chi connectivity index (χ0) is 12.1. The smallest absolute Gasteiger partial charge is 0.326 e. The van der Waals surface area contributed by atoms with Crippen molar-refractivity contribution in [2.24, 2.45) is 0 Å². The summed E-state index contributed by atoms with van der Waals surface area (Å²) >= 11 is 11.1. The van der Waals surface area contributed by atoms with Crippen molar-refractivity contribution >= 4 is 29.2 Å². The van der Waals surface area contributed by atoms with Crippen molar-refractivity contribution in [3.05, 3.63) is 28.8 Å². The predicted molar refractivity (Wildman–Crippen MR) is 66.7 cm³/mol. The molecule has 16 heavy (non-hydrogen) atoms. The van der Waals surface area contributed by atoms with Crippen LogP contribution in [0.2, 0.25) is 0 Å². The standard InChI is InChI=1S/C12H14Cl2O2/c1-8-6-11(16-12(15)7-14)9(2)5-10(8)3-4-13/h5-6H,3-4,7H2,1-2H3. The molecule has 0 N–H and O–H groups in total. The van der Waals surface area contributed by atoms with E-state index in [9.17, 15) is 4.79 Å². The molecule has 0 fully saturated rings. The summed E-state index contributed by atoms with van der Waals surface area (Å²) in [6.07, 6.45) is 0.817. The first kappa shape index (κ1) is 13.3. The molecule has 0 aliphatic rings. The molecule has 0 saturated heterocycles. The molecule has 2 nitrogen and oxygen atoms in total. The van der Waals surface area contributed by atoms with E-state index in [0.717, 1.165) is 17.5 Å². The van der Waals surface area contributed by atoms with E-state index < -0.39 is 5.97 Å². The minimum absolute atomic E-state index is 0.137. The predicted octanol–water partition coefficient (Wildman–Crippen LogP) is 3.23. The third kappa shape index (κ3) is 3.39. The molecule has 0 heterocycles. The van der Waals surface area contributed by atoms with E-state index >= 15 is 0 Å². The summed E-state index contributed by atoms with van der Waals surface area (Å²) in [5.41, 5.74) is 3.17. The van der Waals surface area contributed by atoms with Gasteiger partial charge >= 0.3 is 5.97 Å². The van der Waals surface area contributed by atoms with E-state index in [4.69, 9.17) is 27.9 Å². The number of alkyl halides is 2. The first-order chi connectivity index (χ1) is 7.58. The molecule has 1 rings (SSSR count). The Hall–Kier alpha value is -0.730. The monoisotopic (exact) mass is 260 g/mol. The lowest BCUT2D eigenvalue weighted by atomic mass is 10.0. The fraction of sp³-hybridized carbons (Fsp3) is 0.417. The van der Waals surface area contributed by atoms with Crippen molar-refractivity contribution in [2.45, 2.75) is 20.3 Å². The van der Waals surface area contributed by atoms with Crippen molar-refractivity contribution in [3.63, 3.8) is 0 Å². The number of hydrogen-bond donors (Lipinski definition) is 0. The summed E-state index contributed by atoms with van der Waals surface area (Å²) in [5, 5.41) is 0. The van der Waals surface area contributed by atoms with Crippen molar-refractivity contribution in [2.75, 3.05) is 11.8 Å². The SMILES string of the molecule is Cc1cc(OC(=O)CCl)c(C)cc1CCCl. The number of carbonyl (C=O) groups is 1. The minimum Gasteiger partial charge on any atom is -0.425 e. The Morgan fingerprint density at radius 3 is 2.50 bits per heavy atom. The van der Waals surface area contributed by atoms with Crippen LogP contribution in [0, 0.1) is 13.8 Å². The van der Waals surface area contributed by atoms with Crippen LogP contribution in [0.1, 0.15) is 16.7 Å². The quantitative estimate of drug-likeness (QED) is 0.472. The molecule has 0 aromatic heterocycles. The van der Waals surface area contributed by atoms with Gasteiger partial charge in [0.1, 0.15) is 11.6 Å². The van der Waals surface area contributed by atoms with E-state index in [1.165, 1.54) is 5.56 Å². The lowest BCUT2D eigenvalue weighted by molar-refractivity contribution is -0.131. The summed E-state index contributed by atoms with van der Waals surface area (Å²) < 4.78 is 5.10. The molecule has 0 atom stereocenters. The van der Waals surface area contributed by atoms with E-state index in [2.05, 4.69) is 0 Å². The first-order valence-corrected chi connectivity index (χ1v) is 6.08. The number of ether oxygens (including phenoxy) is 1. The van der Waals surface area contributed by atoms with Gasteiger partial charge in [-0.3, -0.25) is 4.79 Å². The Labute approximate surface area is 106 Å². The van der Waals surface area contributed by atoms with Crippen molar-refractivity contribution in [3.8, 4) is 5.75 Å². The van der Waals surface area contributed by atoms with Crippen LogP contribution in [0.3, 0.4) is 0 Å². The highest BCUT2D eigenvalue weighted by Gasteiger charge is 2.08. The average Bonchev–Trinajstić information content (AvgIpc) is 2.25. The van der Waals surface area contributed by atoms with Crippen LogP contribution in [0.25, 0.3) is 0 Å². The second-order valence-corrected chi connectivity index (χ2v) is 4.24. The highest BCUT2D eigenvalue weighted by Crippen LogP contribution is 2.23. The van der Waals surface area contributed by atoms with Crippen molar-refractivity contribution in [1.29, 1.82) is 0 Å². The molecule has 0 unspecified atom stereocenters. The Morgan fingerprint density at radius 1 is 1.25 bits per heavy atom. The third-order valence-corrected chi connectivity index (χ3v) is 2.74. The Bertz CT molecular complexity index is 389. The van der Waals surface area contributed by atoms with Gasteiger partial charge in [0.15, 0.2) is 0 Å². The maximum atomic E-state index is 11.1. The number of rotatable bonds is 4. The van der Waals surface area contributed by atoms with Gasteiger partial charge < -0.3 is 4.74 Å².